The number of amides is 1. The molecule has 2 aliphatic rings. The molecule has 5 nitrogen and oxygen atoms in total. The van der Waals surface area contributed by atoms with E-state index in [4.69, 9.17) is 9.47 Å². The highest BCUT2D eigenvalue weighted by Crippen LogP contribution is 2.32. The first-order valence-corrected chi connectivity index (χ1v) is 10.2. The predicted octanol–water partition coefficient (Wildman–Crippen LogP) is 4.25. The Kier molecular flexibility index (Phi) is 5.81. The molecular formula is C23H28N2O3. The molecule has 2 heterocycles. The van der Waals surface area contributed by atoms with Crippen LogP contribution in [0.5, 0.6) is 5.75 Å². The van der Waals surface area contributed by atoms with Crippen LogP contribution >= 0.6 is 0 Å². The summed E-state index contributed by atoms with van der Waals surface area (Å²) >= 11 is 0. The van der Waals surface area contributed by atoms with Crippen LogP contribution in [0.3, 0.4) is 0 Å². The van der Waals surface area contributed by atoms with Gasteiger partial charge in [-0.3, -0.25) is 0 Å². The quantitative estimate of drug-likeness (QED) is 0.778. The zero-order valence-electron chi connectivity index (χ0n) is 16.5. The number of hydrogen-bond acceptors (Lipinski definition) is 4. The Balaban J connectivity index is 1.35. The van der Waals surface area contributed by atoms with Crippen LogP contribution in [0.25, 0.3) is 0 Å². The van der Waals surface area contributed by atoms with Gasteiger partial charge in [0.25, 0.3) is 0 Å². The van der Waals surface area contributed by atoms with Gasteiger partial charge in [0.15, 0.2) is 0 Å². The lowest BCUT2D eigenvalue weighted by Gasteiger charge is -2.27. The third-order valence-electron chi connectivity index (χ3n) is 5.53. The first-order chi connectivity index (χ1) is 13.7. The van der Waals surface area contributed by atoms with Crippen molar-refractivity contribution in [1.82, 2.24) is 4.90 Å². The van der Waals surface area contributed by atoms with Gasteiger partial charge in [-0.1, -0.05) is 30.3 Å². The molecular weight excluding hydrogens is 352 g/mol. The van der Waals surface area contributed by atoms with Crippen LogP contribution in [0.1, 0.15) is 30.4 Å². The fourth-order valence-corrected chi connectivity index (χ4v) is 3.99. The lowest BCUT2D eigenvalue weighted by molar-refractivity contribution is 0.00110. The summed E-state index contributed by atoms with van der Waals surface area (Å²) in [7, 11) is 1.77. The summed E-state index contributed by atoms with van der Waals surface area (Å²) in [4.78, 5) is 16.4. The molecule has 148 valence electrons. The lowest BCUT2D eigenvalue weighted by atomic mass is 10.1. The van der Waals surface area contributed by atoms with Crippen molar-refractivity contribution < 1.29 is 14.3 Å². The predicted molar refractivity (Wildman–Crippen MR) is 110 cm³/mol. The molecule has 0 N–H and O–H groups in total. The third kappa shape index (κ3) is 4.47. The highest BCUT2D eigenvalue weighted by atomic mass is 16.6. The largest absolute Gasteiger partial charge is 0.415 e. The van der Waals surface area contributed by atoms with Crippen molar-refractivity contribution in [3.05, 3.63) is 59.7 Å². The van der Waals surface area contributed by atoms with Crippen molar-refractivity contribution in [2.24, 2.45) is 0 Å². The van der Waals surface area contributed by atoms with E-state index in [0.29, 0.717) is 12.3 Å². The fourth-order valence-electron chi connectivity index (χ4n) is 3.99. The Hall–Kier alpha value is -2.53. The van der Waals surface area contributed by atoms with Gasteiger partial charge in [-0.25, -0.2) is 4.79 Å². The van der Waals surface area contributed by atoms with E-state index in [-0.39, 0.29) is 12.2 Å². The number of rotatable bonds is 5. The van der Waals surface area contributed by atoms with Gasteiger partial charge < -0.3 is 19.3 Å². The lowest BCUT2D eigenvalue weighted by Crippen LogP contribution is -2.38. The topological polar surface area (TPSA) is 42.0 Å². The van der Waals surface area contributed by atoms with Crippen LogP contribution in [0.2, 0.25) is 0 Å². The molecule has 1 fully saturated rings. The minimum absolute atomic E-state index is 0.123. The molecule has 0 bridgehead atoms. The highest BCUT2D eigenvalue weighted by molar-refractivity contribution is 5.71. The van der Waals surface area contributed by atoms with Gasteiger partial charge in [0, 0.05) is 39.0 Å². The first kappa shape index (κ1) is 18.8. The van der Waals surface area contributed by atoms with Gasteiger partial charge in [0.2, 0.25) is 0 Å². The van der Waals surface area contributed by atoms with E-state index in [0.717, 1.165) is 45.4 Å². The minimum Gasteiger partial charge on any atom is -0.410 e. The molecule has 1 saturated heterocycles. The number of carbonyl (C=O) groups excluding carboxylic acids is 1. The number of ether oxygens (including phenoxy) is 2. The molecule has 5 heteroatoms. The van der Waals surface area contributed by atoms with Crippen molar-refractivity contribution >= 4 is 11.8 Å². The first-order valence-electron chi connectivity index (χ1n) is 10.2. The van der Waals surface area contributed by atoms with E-state index in [1.807, 2.05) is 18.2 Å². The van der Waals surface area contributed by atoms with Gasteiger partial charge in [0.1, 0.15) is 5.75 Å². The molecule has 0 spiro atoms. The normalized spacial score (nSPS) is 18.6. The molecule has 1 unspecified atom stereocenters. The summed E-state index contributed by atoms with van der Waals surface area (Å²) in [6, 6.07) is 16.5. The Morgan fingerprint density at radius 3 is 2.86 bits per heavy atom. The molecule has 1 amide bonds. The summed E-state index contributed by atoms with van der Waals surface area (Å²) in [6.45, 7) is 3.25. The molecule has 28 heavy (non-hydrogen) atoms. The van der Waals surface area contributed by atoms with Crippen molar-refractivity contribution in [1.29, 1.82) is 0 Å². The summed E-state index contributed by atoms with van der Waals surface area (Å²) in [5.41, 5.74) is 3.77. The molecule has 0 saturated carbocycles. The van der Waals surface area contributed by atoms with Crippen molar-refractivity contribution in [2.45, 2.75) is 38.3 Å². The van der Waals surface area contributed by atoms with E-state index in [2.05, 4.69) is 35.2 Å². The van der Waals surface area contributed by atoms with E-state index in [1.165, 1.54) is 16.8 Å². The molecule has 2 aromatic rings. The molecule has 4 rings (SSSR count). The molecule has 0 aliphatic carbocycles. The number of fused-ring (bicyclic) bond motifs is 1. The SMILES string of the molecule is CN(CC1CCCCO1)C(=O)Oc1ccc2c(c1)CCN2Cc1ccccc1. The zero-order chi connectivity index (χ0) is 19.3. The van der Waals surface area contributed by atoms with Crippen LogP contribution < -0.4 is 9.64 Å². The zero-order valence-corrected chi connectivity index (χ0v) is 16.5. The maximum Gasteiger partial charge on any atom is 0.415 e. The summed E-state index contributed by atoms with van der Waals surface area (Å²) in [5.74, 6) is 0.613. The Morgan fingerprint density at radius 1 is 1.21 bits per heavy atom. The number of carbonyl (C=O) groups is 1. The van der Waals surface area contributed by atoms with Crippen LogP contribution in [0.4, 0.5) is 10.5 Å². The molecule has 0 aromatic heterocycles. The maximum atomic E-state index is 12.4. The van der Waals surface area contributed by atoms with Gasteiger partial charge in [0.05, 0.1) is 6.10 Å². The van der Waals surface area contributed by atoms with Crippen LogP contribution in [0, 0.1) is 0 Å². The highest BCUT2D eigenvalue weighted by Gasteiger charge is 2.22. The summed E-state index contributed by atoms with van der Waals surface area (Å²) in [5, 5.41) is 0. The Labute approximate surface area is 166 Å². The van der Waals surface area contributed by atoms with Crippen molar-refractivity contribution in [3.63, 3.8) is 0 Å². The molecule has 0 radical (unpaired) electrons. The van der Waals surface area contributed by atoms with Crippen molar-refractivity contribution in [3.8, 4) is 5.75 Å². The molecule has 1 atom stereocenters. The van der Waals surface area contributed by atoms with Crippen LogP contribution in [0.15, 0.2) is 48.5 Å². The number of benzene rings is 2. The average Bonchev–Trinajstić information content (AvgIpc) is 3.11. The molecule has 2 aliphatic heterocycles. The summed E-state index contributed by atoms with van der Waals surface area (Å²) in [6.07, 6.45) is 4.05. The van der Waals surface area contributed by atoms with E-state index in [9.17, 15) is 4.79 Å². The van der Waals surface area contributed by atoms with Gasteiger partial charge in [-0.15, -0.1) is 0 Å². The maximum absolute atomic E-state index is 12.4. The number of anilines is 1. The number of likely N-dealkylation sites (N-methyl/N-ethyl adjacent to an activating group) is 1. The monoisotopic (exact) mass is 380 g/mol. The smallest absolute Gasteiger partial charge is 0.410 e. The van der Waals surface area contributed by atoms with Gasteiger partial charge in [-0.05, 0) is 55.0 Å². The summed E-state index contributed by atoms with van der Waals surface area (Å²) < 4.78 is 11.3. The second-order valence-corrected chi connectivity index (χ2v) is 7.68. The van der Waals surface area contributed by atoms with E-state index >= 15 is 0 Å². The van der Waals surface area contributed by atoms with Gasteiger partial charge in [-0.2, -0.15) is 0 Å². The van der Waals surface area contributed by atoms with Crippen LogP contribution in [-0.2, 0) is 17.7 Å². The Bertz CT molecular complexity index is 803. The Morgan fingerprint density at radius 2 is 2.07 bits per heavy atom. The number of nitrogens with zero attached hydrogens (tertiary/aromatic N) is 2. The van der Waals surface area contributed by atoms with E-state index in [1.54, 1.807) is 11.9 Å². The van der Waals surface area contributed by atoms with Crippen LogP contribution in [-0.4, -0.2) is 43.8 Å². The third-order valence-corrected chi connectivity index (χ3v) is 5.53. The standard InChI is InChI=1S/C23H28N2O3/c1-24(17-21-9-5-6-14-27-21)23(26)28-20-10-11-22-19(15-20)12-13-25(22)16-18-7-3-2-4-8-18/h2-4,7-8,10-11,15,21H,5-6,9,12-14,16-17H2,1H3. The minimum atomic E-state index is -0.326. The second-order valence-electron chi connectivity index (χ2n) is 7.68. The van der Waals surface area contributed by atoms with E-state index < -0.39 is 0 Å². The average molecular weight is 380 g/mol. The second kappa shape index (κ2) is 8.65. The number of hydrogen-bond donors (Lipinski definition) is 0. The fraction of sp³-hybridized carbons (Fsp3) is 0.435. The van der Waals surface area contributed by atoms with Crippen molar-refractivity contribution in [2.75, 3.05) is 31.6 Å². The molecule has 2 aromatic carbocycles. The van der Waals surface area contributed by atoms with Gasteiger partial charge >= 0.3 is 6.09 Å².